The standard InChI is InChI=1S/C13H20N2O/c1-3-15(10-9-11(2)13(14)16)12-7-5-4-6-8-12/h4-8,11H,3,9-10H2,1-2H3,(H2,14,16). The lowest BCUT2D eigenvalue weighted by Crippen LogP contribution is -2.29. The van der Waals surface area contributed by atoms with Crippen molar-refractivity contribution in [3.63, 3.8) is 0 Å². The maximum absolute atomic E-state index is 10.9. The van der Waals surface area contributed by atoms with E-state index in [0.29, 0.717) is 0 Å². The summed E-state index contributed by atoms with van der Waals surface area (Å²) >= 11 is 0. The fraction of sp³-hybridized carbons (Fsp3) is 0.462. The molecule has 1 aromatic carbocycles. The van der Waals surface area contributed by atoms with E-state index in [1.165, 1.54) is 5.69 Å². The van der Waals surface area contributed by atoms with E-state index >= 15 is 0 Å². The van der Waals surface area contributed by atoms with Gasteiger partial charge in [-0.15, -0.1) is 0 Å². The highest BCUT2D eigenvalue weighted by Crippen LogP contribution is 2.14. The number of para-hydroxylation sites is 1. The number of nitrogens with two attached hydrogens (primary N) is 1. The largest absolute Gasteiger partial charge is 0.372 e. The Morgan fingerprint density at radius 2 is 2.00 bits per heavy atom. The Hall–Kier alpha value is -1.51. The summed E-state index contributed by atoms with van der Waals surface area (Å²) in [5.41, 5.74) is 6.44. The van der Waals surface area contributed by atoms with E-state index in [1.54, 1.807) is 0 Å². The highest BCUT2D eigenvalue weighted by atomic mass is 16.1. The molecule has 3 heteroatoms. The van der Waals surface area contributed by atoms with Crippen molar-refractivity contribution >= 4 is 11.6 Å². The van der Waals surface area contributed by atoms with Crippen molar-refractivity contribution in [3.05, 3.63) is 30.3 Å². The van der Waals surface area contributed by atoms with Gasteiger partial charge < -0.3 is 10.6 Å². The van der Waals surface area contributed by atoms with Crippen molar-refractivity contribution in [1.29, 1.82) is 0 Å². The minimum absolute atomic E-state index is 0.0576. The number of rotatable bonds is 6. The van der Waals surface area contributed by atoms with E-state index < -0.39 is 0 Å². The molecule has 0 saturated heterocycles. The third-order valence-corrected chi connectivity index (χ3v) is 2.82. The topological polar surface area (TPSA) is 46.3 Å². The number of benzene rings is 1. The van der Waals surface area contributed by atoms with E-state index in [9.17, 15) is 4.79 Å². The predicted molar refractivity (Wildman–Crippen MR) is 67.3 cm³/mol. The minimum atomic E-state index is -0.218. The highest BCUT2D eigenvalue weighted by Gasteiger charge is 2.11. The summed E-state index contributed by atoms with van der Waals surface area (Å²) in [5, 5.41) is 0. The van der Waals surface area contributed by atoms with Gasteiger partial charge in [-0.1, -0.05) is 25.1 Å². The third-order valence-electron chi connectivity index (χ3n) is 2.82. The molecular formula is C13H20N2O. The maximum atomic E-state index is 10.9. The van der Waals surface area contributed by atoms with Crippen LogP contribution in [0.3, 0.4) is 0 Å². The first kappa shape index (κ1) is 12.6. The van der Waals surface area contributed by atoms with E-state index in [2.05, 4.69) is 24.0 Å². The summed E-state index contributed by atoms with van der Waals surface area (Å²) in [7, 11) is 0. The van der Waals surface area contributed by atoms with E-state index in [4.69, 9.17) is 5.73 Å². The fourth-order valence-corrected chi connectivity index (χ4v) is 1.60. The van der Waals surface area contributed by atoms with Gasteiger partial charge in [0.1, 0.15) is 0 Å². The quantitative estimate of drug-likeness (QED) is 0.797. The molecule has 0 aliphatic rings. The summed E-state index contributed by atoms with van der Waals surface area (Å²) < 4.78 is 0. The van der Waals surface area contributed by atoms with Gasteiger partial charge >= 0.3 is 0 Å². The monoisotopic (exact) mass is 220 g/mol. The van der Waals surface area contributed by atoms with Gasteiger partial charge in [0.2, 0.25) is 5.91 Å². The average molecular weight is 220 g/mol. The zero-order chi connectivity index (χ0) is 12.0. The molecule has 0 spiro atoms. The molecule has 1 unspecified atom stereocenters. The molecule has 1 amide bonds. The molecule has 1 aromatic rings. The second kappa shape index (κ2) is 6.16. The van der Waals surface area contributed by atoms with Crippen molar-refractivity contribution in [2.75, 3.05) is 18.0 Å². The molecule has 1 rings (SSSR count). The summed E-state index contributed by atoms with van der Waals surface area (Å²) in [6.07, 6.45) is 0.804. The van der Waals surface area contributed by atoms with Crippen LogP contribution in [0.4, 0.5) is 5.69 Å². The lowest BCUT2D eigenvalue weighted by Gasteiger charge is -2.24. The first-order valence-electron chi connectivity index (χ1n) is 5.74. The molecule has 0 bridgehead atoms. The molecule has 0 aliphatic heterocycles. The van der Waals surface area contributed by atoms with Crippen LogP contribution >= 0.6 is 0 Å². The Balaban J connectivity index is 2.53. The second-order valence-electron chi connectivity index (χ2n) is 4.01. The van der Waals surface area contributed by atoms with Gasteiger partial charge in [-0.05, 0) is 25.5 Å². The fourth-order valence-electron chi connectivity index (χ4n) is 1.60. The molecule has 2 N–H and O–H groups in total. The Kier molecular flexibility index (Phi) is 4.83. The van der Waals surface area contributed by atoms with E-state index in [0.717, 1.165) is 19.5 Å². The van der Waals surface area contributed by atoms with Crippen LogP contribution in [0.1, 0.15) is 20.3 Å². The maximum Gasteiger partial charge on any atom is 0.220 e. The Morgan fingerprint density at radius 3 is 2.50 bits per heavy atom. The van der Waals surface area contributed by atoms with Crippen LogP contribution < -0.4 is 10.6 Å². The average Bonchev–Trinajstić information content (AvgIpc) is 2.30. The van der Waals surface area contributed by atoms with E-state index in [1.807, 2.05) is 25.1 Å². The van der Waals surface area contributed by atoms with E-state index in [-0.39, 0.29) is 11.8 Å². The van der Waals surface area contributed by atoms with Crippen LogP contribution in [0.5, 0.6) is 0 Å². The van der Waals surface area contributed by atoms with Gasteiger partial charge in [0.05, 0.1) is 0 Å². The van der Waals surface area contributed by atoms with Crippen molar-refractivity contribution < 1.29 is 4.79 Å². The predicted octanol–water partition coefficient (Wildman–Crippen LogP) is 2.02. The smallest absolute Gasteiger partial charge is 0.220 e. The third kappa shape index (κ3) is 3.57. The van der Waals surface area contributed by atoms with Gasteiger partial charge in [-0.25, -0.2) is 0 Å². The van der Waals surface area contributed by atoms with Gasteiger partial charge in [0, 0.05) is 24.7 Å². The van der Waals surface area contributed by atoms with Crippen LogP contribution in [0.25, 0.3) is 0 Å². The van der Waals surface area contributed by atoms with Crippen molar-refractivity contribution in [3.8, 4) is 0 Å². The van der Waals surface area contributed by atoms with Crippen LogP contribution in [0, 0.1) is 5.92 Å². The molecule has 0 radical (unpaired) electrons. The molecule has 0 saturated carbocycles. The number of anilines is 1. The van der Waals surface area contributed by atoms with Crippen LogP contribution in [0.15, 0.2) is 30.3 Å². The van der Waals surface area contributed by atoms with Gasteiger partial charge in [0.15, 0.2) is 0 Å². The molecule has 0 heterocycles. The van der Waals surface area contributed by atoms with Crippen LogP contribution in [0.2, 0.25) is 0 Å². The SMILES string of the molecule is CCN(CCC(C)C(N)=O)c1ccccc1. The number of amides is 1. The first-order chi connectivity index (χ1) is 7.65. The molecule has 16 heavy (non-hydrogen) atoms. The molecule has 3 nitrogen and oxygen atoms in total. The van der Waals surface area contributed by atoms with Crippen molar-refractivity contribution in [1.82, 2.24) is 0 Å². The van der Waals surface area contributed by atoms with Gasteiger partial charge in [-0.2, -0.15) is 0 Å². The van der Waals surface area contributed by atoms with Crippen LogP contribution in [-0.2, 0) is 4.79 Å². The number of nitrogens with zero attached hydrogens (tertiary/aromatic N) is 1. The zero-order valence-electron chi connectivity index (χ0n) is 10.0. The zero-order valence-corrected chi connectivity index (χ0v) is 10.0. The number of carbonyl (C=O) groups excluding carboxylic acids is 1. The highest BCUT2D eigenvalue weighted by molar-refractivity contribution is 5.76. The Labute approximate surface area is 97.2 Å². The number of primary amides is 1. The van der Waals surface area contributed by atoms with Crippen molar-refractivity contribution in [2.45, 2.75) is 20.3 Å². The van der Waals surface area contributed by atoms with Gasteiger partial charge in [0.25, 0.3) is 0 Å². The molecule has 0 aromatic heterocycles. The first-order valence-corrected chi connectivity index (χ1v) is 5.74. The van der Waals surface area contributed by atoms with Crippen molar-refractivity contribution in [2.24, 2.45) is 11.7 Å². The molecule has 88 valence electrons. The number of hydrogen-bond donors (Lipinski definition) is 1. The van der Waals surface area contributed by atoms with Crippen LogP contribution in [-0.4, -0.2) is 19.0 Å². The summed E-state index contributed by atoms with van der Waals surface area (Å²) in [6.45, 7) is 5.79. The molecule has 1 atom stereocenters. The number of carbonyl (C=O) groups is 1. The summed E-state index contributed by atoms with van der Waals surface area (Å²) in [4.78, 5) is 13.2. The normalized spacial score (nSPS) is 12.1. The van der Waals surface area contributed by atoms with Gasteiger partial charge in [-0.3, -0.25) is 4.79 Å². The number of hydrogen-bond acceptors (Lipinski definition) is 2. The summed E-state index contributed by atoms with van der Waals surface area (Å²) in [5.74, 6) is -0.276. The second-order valence-corrected chi connectivity index (χ2v) is 4.01. The molecule has 0 fully saturated rings. The Morgan fingerprint density at radius 1 is 1.38 bits per heavy atom. The summed E-state index contributed by atoms with van der Waals surface area (Å²) in [6, 6.07) is 10.2. The molecule has 0 aliphatic carbocycles. The lowest BCUT2D eigenvalue weighted by molar-refractivity contribution is -0.121. The molecular weight excluding hydrogens is 200 g/mol. The minimum Gasteiger partial charge on any atom is -0.372 e. The lowest BCUT2D eigenvalue weighted by atomic mass is 10.1. The Bertz CT molecular complexity index is 324.